The van der Waals surface area contributed by atoms with Crippen LogP contribution in [0.2, 0.25) is 0 Å². The van der Waals surface area contributed by atoms with E-state index in [0.29, 0.717) is 31.1 Å². The molecular formula is C26H29NO4S. The normalized spacial score (nSPS) is 15.2. The van der Waals surface area contributed by atoms with Crippen LogP contribution in [-0.2, 0) is 17.6 Å². The molecule has 4 rings (SSSR count). The number of fused-ring (bicyclic) bond motifs is 1. The summed E-state index contributed by atoms with van der Waals surface area (Å²) in [7, 11) is 3.28. The summed E-state index contributed by atoms with van der Waals surface area (Å²) in [5.41, 5.74) is 4.52. The summed E-state index contributed by atoms with van der Waals surface area (Å²) < 4.78 is 17.3. The number of carbonyl (C=O) groups is 1. The third kappa shape index (κ3) is 4.75. The van der Waals surface area contributed by atoms with E-state index in [2.05, 4.69) is 19.9 Å². The zero-order chi connectivity index (χ0) is 22.7. The maximum absolute atomic E-state index is 13.3. The van der Waals surface area contributed by atoms with Gasteiger partial charge < -0.3 is 19.1 Å². The number of carbonyl (C=O) groups excluding carboxylic acids is 1. The van der Waals surface area contributed by atoms with Crippen molar-refractivity contribution >= 4 is 17.2 Å². The van der Waals surface area contributed by atoms with Gasteiger partial charge in [-0.3, -0.25) is 4.79 Å². The number of aryl methyl sites for hydroxylation is 2. The molecule has 1 aliphatic heterocycles. The minimum Gasteiger partial charge on any atom is -0.493 e. The monoisotopic (exact) mass is 451 g/mol. The molecule has 0 saturated carbocycles. The predicted octanol–water partition coefficient (Wildman–Crippen LogP) is 5.13. The highest BCUT2D eigenvalue weighted by molar-refractivity contribution is 7.10. The van der Waals surface area contributed by atoms with Crippen molar-refractivity contribution in [3.8, 4) is 17.2 Å². The Balaban J connectivity index is 1.66. The first kappa shape index (κ1) is 22.2. The summed E-state index contributed by atoms with van der Waals surface area (Å²) in [6.45, 7) is 5.14. The van der Waals surface area contributed by atoms with E-state index >= 15 is 0 Å². The van der Waals surface area contributed by atoms with Crippen molar-refractivity contribution in [2.45, 2.75) is 32.7 Å². The molecule has 1 aromatic heterocycles. The number of nitrogens with zero attached hydrogens (tertiary/aromatic N) is 1. The van der Waals surface area contributed by atoms with Crippen molar-refractivity contribution in [2.24, 2.45) is 0 Å². The van der Waals surface area contributed by atoms with Crippen LogP contribution in [0, 0.1) is 13.8 Å². The number of methoxy groups -OCH3 is 2. The Kier molecular flexibility index (Phi) is 6.70. The predicted molar refractivity (Wildman–Crippen MR) is 127 cm³/mol. The maximum atomic E-state index is 13.3. The lowest BCUT2D eigenvalue weighted by atomic mass is 9.91. The topological polar surface area (TPSA) is 48.0 Å². The van der Waals surface area contributed by atoms with Crippen molar-refractivity contribution in [3.63, 3.8) is 0 Å². The fourth-order valence-corrected chi connectivity index (χ4v) is 5.06. The van der Waals surface area contributed by atoms with E-state index in [0.717, 1.165) is 39.3 Å². The van der Waals surface area contributed by atoms with Crippen LogP contribution in [0.25, 0.3) is 0 Å². The van der Waals surface area contributed by atoms with Gasteiger partial charge in [-0.2, -0.15) is 0 Å². The number of rotatable bonds is 7. The molecule has 32 heavy (non-hydrogen) atoms. The highest BCUT2D eigenvalue weighted by atomic mass is 32.1. The van der Waals surface area contributed by atoms with Gasteiger partial charge in [0.15, 0.2) is 11.5 Å². The molecule has 0 spiro atoms. The van der Waals surface area contributed by atoms with Crippen LogP contribution in [0.1, 0.15) is 33.2 Å². The molecule has 1 aliphatic rings. The summed E-state index contributed by atoms with van der Waals surface area (Å²) in [6, 6.07) is 14.0. The van der Waals surface area contributed by atoms with E-state index in [-0.39, 0.29) is 11.9 Å². The highest BCUT2D eigenvalue weighted by Gasteiger charge is 2.33. The summed E-state index contributed by atoms with van der Waals surface area (Å²) in [5, 5.41) is 2.01. The first-order chi connectivity index (χ1) is 15.5. The lowest BCUT2D eigenvalue weighted by Crippen LogP contribution is -2.43. The van der Waals surface area contributed by atoms with Crippen LogP contribution in [0.4, 0.5) is 0 Å². The molecule has 2 aromatic carbocycles. The first-order valence-electron chi connectivity index (χ1n) is 10.8. The molecule has 0 saturated heterocycles. The number of hydrogen-bond donors (Lipinski definition) is 0. The summed E-state index contributed by atoms with van der Waals surface area (Å²) in [4.78, 5) is 16.3. The van der Waals surface area contributed by atoms with Crippen LogP contribution in [0.3, 0.4) is 0 Å². The third-order valence-electron chi connectivity index (χ3n) is 5.83. The van der Waals surface area contributed by atoms with Gasteiger partial charge >= 0.3 is 0 Å². The summed E-state index contributed by atoms with van der Waals surface area (Å²) >= 11 is 1.61. The fraction of sp³-hybridized carbons (Fsp3) is 0.346. The van der Waals surface area contributed by atoms with Crippen LogP contribution in [0.5, 0.6) is 17.2 Å². The Morgan fingerprint density at radius 3 is 2.44 bits per heavy atom. The van der Waals surface area contributed by atoms with Gasteiger partial charge in [-0.1, -0.05) is 12.1 Å². The number of thiophene rings is 1. The van der Waals surface area contributed by atoms with E-state index in [1.165, 1.54) is 0 Å². The number of amides is 1. The SMILES string of the molecule is COc1cc2c(cc1OC)[C@H](COc1cc(C)cc(C)c1)N(C(=O)Cc1cccs1)CC2. The Bertz CT molecular complexity index is 1070. The van der Waals surface area contributed by atoms with Crippen LogP contribution in [-0.4, -0.2) is 38.2 Å². The highest BCUT2D eigenvalue weighted by Crippen LogP contribution is 2.38. The van der Waals surface area contributed by atoms with E-state index in [4.69, 9.17) is 14.2 Å². The Labute approximate surface area is 193 Å². The molecule has 0 N–H and O–H groups in total. The molecule has 5 nitrogen and oxygen atoms in total. The molecule has 0 aliphatic carbocycles. The van der Waals surface area contributed by atoms with Gasteiger partial charge in [0, 0.05) is 11.4 Å². The molecular weight excluding hydrogens is 422 g/mol. The molecule has 6 heteroatoms. The third-order valence-corrected chi connectivity index (χ3v) is 6.71. The summed E-state index contributed by atoms with van der Waals surface area (Å²) in [5.74, 6) is 2.30. The Morgan fingerprint density at radius 1 is 1.06 bits per heavy atom. The Morgan fingerprint density at radius 2 is 1.78 bits per heavy atom. The largest absolute Gasteiger partial charge is 0.493 e. The molecule has 0 bridgehead atoms. The minimum atomic E-state index is -0.202. The lowest BCUT2D eigenvalue weighted by Gasteiger charge is -2.37. The smallest absolute Gasteiger partial charge is 0.228 e. The van der Waals surface area contributed by atoms with Gasteiger partial charge in [-0.25, -0.2) is 0 Å². The number of hydrogen-bond acceptors (Lipinski definition) is 5. The standard InChI is InChI=1S/C26H29NO4S/c1-17-10-18(2)12-20(11-17)31-16-23-22-15-25(30-4)24(29-3)13-19(22)7-8-27(23)26(28)14-21-6-5-9-32-21/h5-6,9-13,15,23H,7-8,14,16H2,1-4H3/t23-/m0/s1. The van der Waals surface area contributed by atoms with Gasteiger partial charge in [-0.15, -0.1) is 11.3 Å². The van der Waals surface area contributed by atoms with Gasteiger partial charge in [0.2, 0.25) is 5.91 Å². The van der Waals surface area contributed by atoms with Gasteiger partial charge in [0.25, 0.3) is 0 Å². The van der Waals surface area contributed by atoms with Crippen LogP contribution in [0.15, 0.2) is 47.8 Å². The van der Waals surface area contributed by atoms with E-state index in [1.807, 2.05) is 46.7 Å². The molecule has 0 radical (unpaired) electrons. The van der Waals surface area contributed by atoms with E-state index in [1.54, 1.807) is 25.6 Å². The average Bonchev–Trinajstić information content (AvgIpc) is 3.28. The maximum Gasteiger partial charge on any atom is 0.228 e. The summed E-state index contributed by atoms with van der Waals surface area (Å²) in [6.07, 6.45) is 1.17. The van der Waals surface area contributed by atoms with Crippen LogP contribution >= 0.6 is 11.3 Å². The van der Waals surface area contributed by atoms with Gasteiger partial charge in [-0.05, 0) is 78.2 Å². The molecule has 168 valence electrons. The second-order valence-corrected chi connectivity index (χ2v) is 9.18. The molecule has 3 aromatic rings. The molecule has 1 atom stereocenters. The second kappa shape index (κ2) is 9.65. The zero-order valence-electron chi connectivity index (χ0n) is 19.0. The quantitative estimate of drug-likeness (QED) is 0.500. The van der Waals surface area contributed by atoms with E-state index in [9.17, 15) is 4.79 Å². The second-order valence-electron chi connectivity index (χ2n) is 8.15. The van der Waals surface area contributed by atoms with Crippen molar-refractivity contribution in [3.05, 3.63) is 75.0 Å². The molecule has 0 unspecified atom stereocenters. The number of benzene rings is 2. The van der Waals surface area contributed by atoms with Crippen LogP contribution < -0.4 is 14.2 Å². The number of ether oxygens (including phenoxy) is 3. The zero-order valence-corrected chi connectivity index (χ0v) is 19.8. The van der Waals surface area contributed by atoms with Crippen molar-refractivity contribution < 1.29 is 19.0 Å². The average molecular weight is 452 g/mol. The molecule has 1 amide bonds. The fourth-order valence-electron chi connectivity index (χ4n) is 4.36. The minimum absolute atomic E-state index is 0.113. The van der Waals surface area contributed by atoms with Gasteiger partial charge in [0.05, 0.1) is 26.7 Å². The van der Waals surface area contributed by atoms with E-state index < -0.39 is 0 Å². The van der Waals surface area contributed by atoms with Crippen molar-refractivity contribution in [1.29, 1.82) is 0 Å². The van der Waals surface area contributed by atoms with Crippen molar-refractivity contribution in [2.75, 3.05) is 27.4 Å². The lowest BCUT2D eigenvalue weighted by molar-refractivity contribution is -0.134. The van der Waals surface area contributed by atoms with Crippen molar-refractivity contribution in [1.82, 2.24) is 4.90 Å². The van der Waals surface area contributed by atoms with Gasteiger partial charge in [0.1, 0.15) is 12.4 Å². The Hall–Kier alpha value is -2.99. The molecule has 2 heterocycles. The molecule has 0 fully saturated rings. The first-order valence-corrected chi connectivity index (χ1v) is 11.6.